The molecule has 0 saturated carbocycles. The number of hydrogen-bond acceptors (Lipinski definition) is 3. The van der Waals surface area contributed by atoms with E-state index >= 15 is 0 Å². The van der Waals surface area contributed by atoms with Crippen LogP contribution in [0.3, 0.4) is 0 Å². The lowest BCUT2D eigenvalue weighted by molar-refractivity contribution is -0.119. The molecule has 1 amide bonds. The highest BCUT2D eigenvalue weighted by molar-refractivity contribution is 5.81. The third-order valence-electron chi connectivity index (χ3n) is 3.01. The van der Waals surface area contributed by atoms with E-state index in [9.17, 15) is 4.79 Å². The standard InChI is InChI=1S/C17H20N2O2/c1-19(15-8-4-2-5-9-15)14-17(20)18-12-13-21-16-10-6-3-7-11-16/h2-11H,12-14H2,1H3,(H,18,20). The summed E-state index contributed by atoms with van der Waals surface area (Å²) >= 11 is 0. The van der Waals surface area contributed by atoms with Crippen LogP contribution in [0.25, 0.3) is 0 Å². The van der Waals surface area contributed by atoms with Gasteiger partial charge in [0.15, 0.2) is 0 Å². The molecule has 0 aromatic heterocycles. The first-order valence-corrected chi connectivity index (χ1v) is 6.96. The van der Waals surface area contributed by atoms with Crippen LogP contribution < -0.4 is 15.0 Å². The van der Waals surface area contributed by atoms with Crippen LogP contribution in [0.2, 0.25) is 0 Å². The highest BCUT2D eigenvalue weighted by Crippen LogP contribution is 2.10. The van der Waals surface area contributed by atoms with E-state index in [1.165, 1.54) is 0 Å². The van der Waals surface area contributed by atoms with Gasteiger partial charge in [0, 0.05) is 12.7 Å². The van der Waals surface area contributed by atoms with E-state index in [4.69, 9.17) is 4.74 Å². The van der Waals surface area contributed by atoms with E-state index in [0.29, 0.717) is 19.7 Å². The van der Waals surface area contributed by atoms with Gasteiger partial charge in [-0.2, -0.15) is 0 Å². The highest BCUT2D eigenvalue weighted by atomic mass is 16.5. The van der Waals surface area contributed by atoms with Gasteiger partial charge in [-0.05, 0) is 24.3 Å². The highest BCUT2D eigenvalue weighted by Gasteiger charge is 2.06. The lowest BCUT2D eigenvalue weighted by Crippen LogP contribution is -2.37. The molecular formula is C17H20N2O2. The molecular weight excluding hydrogens is 264 g/mol. The fourth-order valence-electron chi connectivity index (χ4n) is 1.92. The van der Waals surface area contributed by atoms with Crippen LogP contribution in [-0.4, -0.2) is 32.7 Å². The molecule has 2 aromatic carbocycles. The Morgan fingerprint density at radius 2 is 1.67 bits per heavy atom. The number of benzene rings is 2. The smallest absolute Gasteiger partial charge is 0.239 e. The van der Waals surface area contributed by atoms with Gasteiger partial charge in [0.2, 0.25) is 5.91 Å². The van der Waals surface area contributed by atoms with Gasteiger partial charge in [-0.25, -0.2) is 0 Å². The van der Waals surface area contributed by atoms with Crippen molar-refractivity contribution in [2.24, 2.45) is 0 Å². The van der Waals surface area contributed by atoms with Crippen LogP contribution >= 0.6 is 0 Å². The largest absolute Gasteiger partial charge is 0.492 e. The molecule has 4 heteroatoms. The molecule has 0 atom stereocenters. The van der Waals surface area contributed by atoms with Gasteiger partial charge < -0.3 is 15.0 Å². The second-order valence-corrected chi connectivity index (χ2v) is 4.70. The molecule has 0 aliphatic heterocycles. The van der Waals surface area contributed by atoms with Crippen molar-refractivity contribution >= 4 is 11.6 Å². The Hall–Kier alpha value is -2.49. The minimum atomic E-state index is -0.0157. The summed E-state index contributed by atoms with van der Waals surface area (Å²) in [7, 11) is 1.90. The normalized spacial score (nSPS) is 9.95. The number of anilines is 1. The minimum absolute atomic E-state index is 0.0157. The van der Waals surface area contributed by atoms with Gasteiger partial charge in [-0.3, -0.25) is 4.79 Å². The van der Waals surface area contributed by atoms with Crippen molar-refractivity contribution in [3.63, 3.8) is 0 Å². The Bertz CT molecular complexity index is 543. The van der Waals surface area contributed by atoms with E-state index in [1.54, 1.807) is 0 Å². The lowest BCUT2D eigenvalue weighted by Gasteiger charge is -2.18. The fraction of sp³-hybridized carbons (Fsp3) is 0.235. The van der Waals surface area contributed by atoms with Gasteiger partial charge in [-0.15, -0.1) is 0 Å². The van der Waals surface area contributed by atoms with Crippen molar-refractivity contribution in [3.8, 4) is 5.75 Å². The van der Waals surface area contributed by atoms with Crippen molar-refractivity contribution < 1.29 is 9.53 Å². The summed E-state index contributed by atoms with van der Waals surface area (Å²) < 4.78 is 5.52. The monoisotopic (exact) mass is 284 g/mol. The molecule has 0 fully saturated rings. The first kappa shape index (κ1) is 14.9. The SMILES string of the molecule is CN(CC(=O)NCCOc1ccccc1)c1ccccc1. The van der Waals surface area contributed by atoms with E-state index in [1.807, 2.05) is 72.6 Å². The van der Waals surface area contributed by atoms with Gasteiger partial charge in [0.1, 0.15) is 12.4 Å². The molecule has 0 aliphatic carbocycles. The van der Waals surface area contributed by atoms with Gasteiger partial charge in [-0.1, -0.05) is 36.4 Å². The fourth-order valence-corrected chi connectivity index (χ4v) is 1.92. The third-order valence-corrected chi connectivity index (χ3v) is 3.01. The molecule has 1 N–H and O–H groups in total. The van der Waals surface area contributed by atoms with Crippen molar-refractivity contribution in [2.45, 2.75) is 0 Å². The Morgan fingerprint density at radius 1 is 1.05 bits per heavy atom. The number of carbonyl (C=O) groups is 1. The molecule has 2 rings (SSSR count). The molecule has 0 unspecified atom stereocenters. The van der Waals surface area contributed by atoms with Crippen LogP contribution in [0, 0.1) is 0 Å². The molecule has 21 heavy (non-hydrogen) atoms. The number of carbonyl (C=O) groups excluding carboxylic acids is 1. The van der Waals surface area contributed by atoms with E-state index in [0.717, 1.165) is 11.4 Å². The summed E-state index contributed by atoms with van der Waals surface area (Å²) in [4.78, 5) is 13.7. The maximum Gasteiger partial charge on any atom is 0.239 e. The van der Waals surface area contributed by atoms with Crippen LogP contribution in [0.1, 0.15) is 0 Å². The van der Waals surface area contributed by atoms with E-state index < -0.39 is 0 Å². The van der Waals surface area contributed by atoms with Crippen molar-refractivity contribution in [1.29, 1.82) is 0 Å². The predicted molar refractivity (Wildman–Crippen MR) is 84.7 cm³/mol. The zero-order valence-corrected chi connectivity index (χ0v) is 12.2. The molecule has 0 bridgehead atoms. The van der Waals surface area contributed by atoms with Crippen molar-refractivity contribution in [3.05, 3.63) is 60.7 Å². The molecule has 2 aromatic rings. The van der Waals surface area contributed by atoms with Gasteiger partial charge in [0.25, 0.3) is 0 Å². The quantitative estimate of drug-likeness (QED) is 0.793. The minimum Gasteiger partial charge on any atom is -0.492 e. The Morgan fingerprint density at radius 3 is 2.33 bits per heavy atom. The zero-order chi connectivity index (χ0) is 14.9. The summed E-state index contributed by atoms with van der Waals surface area (Å²) in [6, 6.07) is 19.4. The number of amides is 1. The molecule has 0 aliphatic rings. The summed E-state index contributed by atoms with van der Waals surface area (Å²) in [5.74, 6) is 0.797. The zero-order valence-electron chi connectivity index (χ0n) is 12.2. The van der Waals surface area contributed by atoms with Gasteiger partial charge in [0.05, 0.1) is 13.1 Å². The maximum atomic E-state index is 11.8. The summed E-state index contributed by atoms with van der Waals surface area (Å²) in [5, 5.41) is 2.85. The number of ether oxygens (including phenoxy) is 1. The number of nitrogens with one attached hydrogen (secondary N) is 1. The van der Waals surface area contributed by atoms with Gasteiger partial charge >= 0.3 is 0 Å². The Balaban J connectivity index is 1.66. The average Bonchev–Trinajstić information content (AvgIpc) is 2.53. The molecule has 0 saturated heterocycles. The number of para-hydroxylation sites is 2. The summed E-state index contributed by atoms with van der Waals surface area (Å²) in [5.41, 5.74) is 1.02. The number of nitrogens with zero attached hydrogens (tertiary/aromatic N) is 1. The second kappa shape index (κ2) is 7.94. The number of hydrogen-bond donors (Lipinski definition) is 1. The topological polar surface area (TPSA) is 41.6 Å². The van der Waals surface area contributed by atoms with E-state index in [2.05, 4.69) is 5.32 Å². The predicted octanol–water partition coefficient (Wildman–Crippen LogP) is 2.32. The molecule has 4 nitrogen and oxygen atoms in total. The third kappa shape index (κ3) is 5.18. The Labute approximate surface area is 125 Å². The molecule has 0 radical (unpaired) electrons. The molecule has 0 spiro atoms. The first-order valence-electron chi connectivity index (χ1n) is 6.96. The lowest BCUT2D eigenvalue weighted by atomic mass is 10.3. The first-order chi connectivity index (χ1) is 10.3. The summed E-state index contributed by atoms with van der Waals surface area (Å²) in [6.07, 6.45) is 0. The number of rotatable bonds is 7. The summed E-state index contributed by atoms with van der Waals surface area (Å²) in [6.45, 7) is 1.29. The van der Waals surface area contributed by atoms with Crippen LogP contribution in [0.15, 0.2) is 60.7 Å². The second-order valence-electron chi connectivity index (χ2n) is 4.70. The number of likely N-dealkylation sites (N-methyl/N-ethyl adjacent to an activating group) is 1. The van der Waals surface area contributed by atoms with Crippen molar-refractivity contribution in [2.75, 3.05) is 31.6 Å². The van der Waals surface area contributed by atoms with E-state index in [-0.39, 0.29) is 5.91 Å². The molecule has 110 valence electrons. The van der Waals surface area contributed by atoms with Crippen LogP contribution in [0.4, 0.5) is 5.69 Å². The molecule has 0 heterocycles. The maximum absolute atomic E-state index is 11.8. The Kier molecular flexibility index (Phi) is 5.64. The average molecular weight is 284 g/mol. The van der Waals surface area contributed by atoms with Crippen LogP contribution in [0.5, 0.6) is 5.75 Å². The van der Waals surface area contributed by atoms with Crippen LogP contribution in [-0.2, 0) is 4.79 Å². The van der Waals surface area contributed by atoms with Crippen molar-refractivity contribution in [1.82, 2.24) is 5.32 Å².